The molecule has 37 heavy (non-hydrogen) atoms. The Morgan fingerprint density at radius 2 is 1.84 bits per heavy atom. The van der Waals surface area contributed by atoms with Crippen LogP contribution in [0.25, 0.3) is 33.0 Å². The SMILES string of the molecule is C[C@H](NC(=O)c1cn(C)c2ccc(-c3ccc4c(NC(=O)C5CC5)noc4c3)cc12)c1cccc(F)c1. The van der Waals surface area contributed by atoms with Gasteiger partial charge in [-0.25, -0.2) is 4.39 Å². The molecular weight excluding hydrogens is 471 g/mol. The van der Waals surface area contributed by atoms with Gasteiger partial charge in [-0.2, -0.15) is 0 Å². The molecule has 3 aromatic carbocycles. The van der Waals surface area contributed by atoms with Crippen molar-refractivity contribution in [3.05, 3.63) is 83.8 Å². The zero-order valence-electron chi connectivity index (χ0n) is 20.4. The van der Waals surface area contributed by atoms with E-state index in [0.29, 0.717) is 22.5 Å². The quantitative estimate of drug-likeness (QED) is 0.303. The molecule has 1 atom stereocenters. The predicted octanol–water partition coefficient (Wildman–Crippen LogP) is 5.97. The molecule has 1 aliphatic carbocycles. The van der Waals surface area contributed by atoms with Crippen molar-refractivity contribution in [2.75, 3.05) is 5.32 Å². The molecule has 2 heterocycles. The van der Waals surface area contributed by atoms with Crippen LogP contribution in [-0.2, 0) is 11.8 Å². The largest absolute Gasteiger partial charge is 0.354 e. The van der Waals surface area contributed by atoms with Crippen molar-refractivity contribution >= 4 is 39.5 Å². The van der Waals surface area contributed by atoms with E-state index >= 15 is 0 Å². The third-order valence-corrected chi connectivity index (χ3v) is 6.93. The summed E-state index contributed by atoms with van der Waals surface area (Å²) in [5.74, 6) is -0.0858. The number of nitrogens with one attached hydrogen (secondary N) is 2. The molecule has 2 aromatic heterocycles. The van der Waals surface area contributed by atoms with Gasteiger partial charge in [0, 0.05) is 30.1 Å². The number of hydrogen-bond acceptors (Lipinski definition) is 4. The van der Waals surface area contributed by atoms with Gasteiger partial charge in [-0.05, 0) is 72.9 Å². The van der Waals surface area contributed by atoms with E-state index in [9.17, 15) is 14.0 Å². The molecule has 1 saturated carbocycles. The first-order valence-electron chi connectivity index (χ1n) is 12.2. The second kappa shape index (κ2) is 8.89. The summed E-state index contributed by atoms with van der Waals surface area (Å²) in [5, 5.41) is 11.4. The second-order valence-corrected chi connectivity index (χ2v) is 9.64. The summed E-state index contributed by atoms with van der Waals surface area (Å²) in [5.41, 5.74) is 4.52. The number of amides is 2. The first kappa shape index (κ1) is 23.0. The van der Waals surface area contributed by atoms with Crippen molar-refractivity contribution in [2.45, 2.75) is 25.8 Å². The molecule has 0 unspecified atom stereocenters. The van der Waals surface area contributed by atoms with E-state index < -0.39 is 0 Å². The number of carbonyl (C=O) groups excluding carboxylic acids is 2. The molecule has 2 amide bonds. The van der Waals surface area contributed by atoms with Gasteiger partial charge in [0.1, 0.15) is 5.82 Å². The monoisotopic (exact) mass is 496 g/mol. The van der Waals surface area contributed by atoms with Crippen LogP contribution >= 0.6 is 0 Å². The van der Waals surface area contributed by atoms with Crippen LogP contribution in [0.4, 0.5) is 10.2 Å². The minimum atomic E-state index is -0.356. The summed E-state index contributed by atoms with van der Waals surface area (Å²) in [6, 6.07) is 17.5. The van der Waals surface area contributed by atoms with Crippen molar-refractivity contribution in [3.63, 3.8) is 0 Å². The Kier molecular flexibility index (Phi) is 5.52. The van der Waals surface area contributed by atoms with Crippen molar-refractivity contribution in [1.29, 1.82) is 0 Å². The van der Waals surface area contributed by atoms with E-state index in [1.807, 2.05) is 54.9 Å². The molecular formula is C29H25FN4O3. The van der Waals surface area contributed by atoms with E-state index in [0.717, 1.165) is 40.3 Å². The Bertz CT molecular complexity index is 1680. The Hall–Kier alpha value is -4.46. The maximum atomic E-state index is 13.6. The van der Waals surface area contributed by atoms with E-state index in [1.165, 1.54) is 12.1 Å². The maximum Gasteiger partial charge on any atom is 0.253 e. The lowest BCUT2D eigenvalue weighted by atomic mass is 10.0. The second-order valence-electron chi connectivity index (χ2n) is 9.64. The van der Waals surface area contributed by atoms with Gasteiger partial charge < -0.3 is 19.7 Å². The standard InChI is InChI=1S/C29H25FN4O3/c1-16(18-4-3-5-21(30)12-18)31-29(36)24-15-34(2)25-11-9-19(13-23(24)25)20-8-10-22-26(14-20)37-33-27(22)32-28(35)17-6-7-17/h3-5,8-17H,6-7H2,1-2H3,(H,31,36)(H,32,33,35)/t16-/m0/s1. The van der Waals surface area contributed by atoms with Crippen LogP contribution in [0.5, 0.6) is 0 Å². The molecule has 7 nitrogen and oxygen atoms in total. The first-order valence-corrected chi connectivity index (χ1v) is 12.2. The fraction of sp³-hybridized carbons (Fsp3) is 0.207. The van der Waals surface area contributed by atoms with E-state index in [4.69, 9.17) is 4.52 Å². The van der Waals surface area contributed by atoms with E-state index in [-0.39, 0.29) is 29.6 Å². The topological polar surface area (TPSA) is 89.2 Å². The highest BCUT2D eigenvalue weighted by molar-refractivity contribution is 6.08. The molecule has 2 N–H and O–H groups in total. The molecule has 6 rings (SSSR count). The van der Waals surface area contributed by atoms with Crippen LogP contribution in [0, 0.1) is 11.7 Å². The minimum Gasteiger partial charge on any atom is -0.354 e. The van der Waals surface area contributed by atoms with Crippen LogP contribution < -0.4 is 10.6 Å². The molecule has 8 heteroatoms. The smallest absolute Gasteiger partial charge is 0.253 e. The number of hydrogen-bond donors (Lipinski definition) is 2. The molecule has 0 spiro atoms. The zero-order valence-corrected chi connectivity index (χ0v) is 20.4. The number of fused-ring (bicyclic) bond motifs is 2. The summed E-state index contributed by atoms with van der Waals surface area (Å²) >= 11 is 0. The number of nitrogens with zero attached hydrogens (tertiary/aromatic N) is 2. The third-order valence-electron chi connectivity index (χ3n) is 6.93. The number of anilines is 1. The average Bonchev–Trinajstić information content (AvgIpc) is 3.60. The normalized spacial score (nSPS) is 14.1. The Balaban J connectivity index is 1.30. The average molecular weight is 497 g/mol. The van der Waals surface area contributed by atoms with Gasteiger partial charge in [-0.1, -0.05) is 29.4 Å². The van der Waals surface area contributed by atoms with Crippen LogP contribution in [0.3, 0.4) is 0 Å². The van der Waals surface area contributed by atoms with Crippen molar-refractivity contribution in [2.24, 2.45) is 13.0 Å². The molecule has 0 bridgehead atoms. The summed E-state index contributed by atoms with van der Waals surface area (Å²) in [6.45, 7) is 1.83. The molecule has 186 valence electrons. The van der Waals surface area contributed by atoms with Crippen LogP contribution in [0.15, 0.2) is 71.4 Å². The summed E-state index contributed by atoms with van der Waals surface area (Å²) in [4.78, 5) is 25.4. The fourth-order valence-corrected chi connectivity index (χ4v) is 4.66. The van der Waals surface area contributed by atoms with Crippen molar-refractivity contribution in [3.8, 4) is 11.1 Å². The van der Waals surface area contributed by atoms with Crippen LogP contribution in [-0.4, -0.2) is 21.5 Å². The maximum absolute atomic E-state index is 13.6. The van der Waals surface area contributed by atoms with Crippen molar-refractivity contribution in [1.82, 2.24) is 15.0 Å². The van der Waals surface area contributed by atoms with Gasteiger partial charge in [0.25, 0.3) is 5.91 Å². The van der Waals surface area contributed by atoms with Crippen LogP contribution in [0.2, 0.25) is 0 Å². The molecule has 5 aromatic rings. The zero-order chi connectivity index (χ0) is 25.7. The summed E-state index contributed by atoms with van der Waals surface area (Å²) in [7, 11) is 1.90. The molecule has 0 aliphatic heterocycles. The lowest BCUT2D eigenvalue weighted by molar-refractivity contribution is -0.117. The Morgan fingerprint density at radius 1 is 1.05 bits per heavy atom. The molecule has 1 fully saturated rings. The lowest BCUT2D eigenvalue weighted by Crippen LogP contribution is -2.26. The minimum absolute atomic E-state index is 0.0219. The van der Waals surface area contributed by atoms with Gasteiger partial charge in [-0.3, -0.25) is 9.59 Å². The van der Waals surface area contributed by atoms with Gasteiger partial charge in [-0.15, -0.1) is 0 Å². The van der Waals surface area contributed by atoms with Crippen LogP contribution in [0.1, 0.15) is 41.7 Å². The highest BCUT2D eigenvalue weighted by atomic mass is 19.1. The Labute approximate surface area is 212 Å². The number of rotatable bonds is 6. The first-order chi connectivity index (χ1) is 17.9. The number of aromatic nitrogens is 2. The van der Waals surface area contributed by atoms with E-state index in [1.54, 1.807) is 18.3 Å². The highest BCUT2D eigenvalue weighted by Gasteiger charge is 2.30. The molecule has 0 radical (unpaired) electrons. The Morgan fingerprint density at radius 3 is 2.62 bits per heavy atom. The number of carbonyl (C=O) groups is 2. The molecule has 0 saturated heterocycles. The summed E-state index contributed by atoms with van der Waals surface area (Å²) < 4.78 is 21.1. The number of aryl methyl sites for hydroxylation is 1. The van der Waals surface area contributed by atoms with E-state index in [2.05, 4.69) is 15.8 Å². The van der Waals surface area contributed by atoms with Gasteiger partial charge >= 0.3 is 0 Å². The van der Waals surface area contributed by atoms with Gasteiger partial charge in [0.05, 0.1) is 17.0 Å². The van der Waals surface area contributed by atoms with Gasteiger partial charge in [0.2, 0.25) is 5.91 Å². The predicted molar refractivity (Wildman–Crippen MR) is 140 cm³/mol. The fourth-order valence-electron chi connectivity index (χ4n) is 4.66. The molecule has 1 aliphatic rings. The highest BCUT2D eigenvalue weighted by Crippen LogP contribution is 2.34. The van der Waals surface area contributed by atoms with Crippen molar-refractivity contribution < 1.29 is 18.5 Å². The third kappa shape index (κ3) is 4.35. The number of benzene rings is 3. The van der Waals surface area contributed by atoms with Gasteiger partial charge in [0.15, 0.2) is 11.4 Å². The number of halogens is 1. The lowest BCUT2D eigenvalue weighted by Gasteiger charge is -2.14. The summed E-state index contributed by atoms with van der Waals surface area (Å²) in [6.07, 6.45) is 3.63.